The molecular formula is C20H34Cl2N4O. The van der Waals surface area contributed by atoms with Gasteiger partial charge < -0.3 is 15.5 Å². The van der Waals surface area contributed by atoms with Crippen LogP contribution in [0.2, 0.25) is 0 Å². The fourth-order valence-corrected chi connectivity index (χ4v) is 3.86. The van der Waals surface area contributed by atoms with Crippen LogP contribution in [-0.2, 0) is 0 Å². The molecule has 2 aliphatic rings. The number of carbonyl (C=O) groups excluding carboxylic acids is 1. The first kappa shape index (κ1) is 24.0. The van der Waals surface area contributed by atoms with Gasteiger partial charge in [-0.2, -0.15) is 0 Å². The molecule has 0 aliphatic carbocycles. The third-order valence-electron chi connectivity index (χ3n) is 5.86. The lowest BCUT2D eigenvalue weighted by molar-refractivity contribution is 0.0777. The molecule has 0 bridgehead atoms. The second-order valence-electron chi connectivity index (χ2n) is 8.16. The second kappa shape index (κ2) is 9.97. The van der Waals surface area contributed by atoms with Gasteiger partial charge in [-0.05, 0) is 56.5 Å². The van der Waals surface area contributed by atoms with Crippen molar-refractivity contribution in [1.29, 1.82) is 0 Å². The second-order valence-corrected chi connectivity index (χ2v) is 8.16. The summed E-state index contributed by atoms with van der Waals surface area (Å²) in [6, 6.07) is 8.75. The first-order chi connectivity index (χ1) is 11.9. The van der Waals surface area contributed by atoms with E-state index < -0.39 is 0 Å². The molecule has 1 unspecified atom stereocenters. The van der Waals surface area contributed by atoms with Crippen molar-refractivity contribution in [2.45, 2.75) is 33.2 Å². The van der Waals surface area contributed by atoms with Crippen LogP contribution in [0.1, 0.15) is 37.6 Å². The van der Waals surface area contributed by atoms with Gasteiger partial charge in [-0.1, -0.05) is 6.92 Å². The minimum Gasteiger partial charge on any atom is -0.369 e. The molecule has 154 valence electrons. The van der Waals surface area contributed by atoms with Crippen LogP contribution in [0.5, 0.6) is 0 Å². The number of hydrogen-bond donors (Lipinski definition) is 1. The Hall–Kier alpha value is -1.01. The molecular weight excluding hydrogens is 383 g/mol. The highest BCUT2D eigenvalue weighted by atomic mass is 35.5. The number of rotatable bonds is 4. The van der Waals surface area contributed by atoms with Crippen molar-refractivity contribution in [3.63, 3.8) is 0 Å². The van der Waals surface area contributed by atoms with Gasteiger partial charge in [0.1, 0.15) is 0 Å². The quantitative estimate of drug-likeness (QED) is 0.819. The minimum absolute atomic E-state index is 0. The highest BCUT2D eigenvalue weighted by Crippen LogP contribution is 2.29. The number of anilines is 1. The molecule has 2 fully saturated rings. The number of nitrogens with zero attached hydrogens (tertiary/aromatic N) is 3. The van der Waals surface area contributed by atoms with E-state index in [4.69, 9.17) is 5.73 Å². The summed E-state index contributed by atoms with van der Waals surface area (Å²) in [6.07, 6.45) is 0.994. The van der Waals surface area contributed by atoms with Crippen LogP contribution in [0.4, 0.5) is 5.69 Å². The molecule has 27 heavy (non-hydrogen) atoms. The summed E-state index contributed by atoms with van der Waals surface area (Å²) < 4.78 is 0. The highest BCUT2D eigenvalue weighted by molar-refractivity contribution is 5.94. The predicted molar refractivity (Wildman–Crippen MR) is 118 cm³/mol. The maximum Gasteiger partial charge on any atom is 0.253 e. The number of halogens is 2. The summed E-state index contributed by atoms with van der Waals surface area (Å²) in [7, 11) is 0. The molecule has 2 heterocycles. The summed E-state index contributed by atoms with van der Waals surface area (Å²) in [5, 5.41) is 0. The molecule has 1 atom stereocenters. The average Bonchev–Trinajstić information content (AvgIpc) is 3.04. The van der Waals surface area contributed by atoms with Gasteiger partial charge in [0.2, 0.25) is 0 Å². The van der Waals surface area contributed by atoms with Gasteiger partial charge in [-0.25, -0.2) is 0 Å². The number of amides is 1. The molecule has 3 rings (SSSR count). The monoisotopic (exact) mass is 416 g/mol. The molecule has 5 nitrogen and oxygen atoms in total. The van der Waals surface area contributed by atoms with Gasteiger partial charge in [0.05, 0.1) is 0 Å². The number of piperazine rings is 1. The zero-order valence-corrected chi connectivity index (χ0v) is 18.3. The van der Waals surface area contributed by atoms with E-state index in [1.54, 1.807) is 0 Å². The first-order valence-corrected chi connectivity index (χ1v) is 9.50. The van der Waals surface area contributed by atoms with E-state index in [1.807, 2.05) is 17.0 Å². The standard InChI is InChI=1S/C20H32N4O.2ClH/c1-16(2)22-10-12-23(13-11-22)18-6-4-17(5-7-18)19(25)24-9-8-20(3,14-21)15-24;;/h4-7,16H,8-15,21H2,1-3H3;2*1H. The molecule has 0 saturated carbocycles. The molecule has 2 N–H and O–H groups in total. The fraction of sp³-hybridized carbons (Fsp3) is 0.650. The molecule has 1 aromatic rings. The van der Waals surface area contributed by atoms with Crippen molar-refractivity contribution < 1.29 is 4.79 Å². The largest absolute Gasteiger partial charge is 0.369 e. The van der Waals surface area contributed by atoms with E-state index in [0.717, 1.165) is 51.3 Å². The molecule has 7 heteroatoms. The van der Waals surface area contributed by atoms with Gasteiger partial charge in [-0.15, -0.1) is 24.8 Å². The average molecular weight is 417 g/mol. The van der Waals surface area contributed by atoms with Crippen LogP contribution in [0.3, 0.4) is 0 Å². The Kier molecular flexibility index (Phi) is 8.87. The molecule has 1 aromatic carbocycles. The van der Waals surface area contributed by atoms with E-state index in [9.17, 15) is 4.79 Å². The molecule has 1 amide bonds. The van der Waals surface area contributed by atoms with E-state index in [-0.39, 0.29) is 36.1 Å². The number of benzene rings is 1. The molecule has 2 saturated heterocycles. The predicted octanol–water partition coefficient (Wildman–Crippen LogP) is 2.87. The number of likely N-dealkylation sites (tertiary alicyclic amines) is 1. The topological polar surface area (TPSA) is 52.8 Å². The Labute approximate surface area is 176 Å². The Balaban J connectivity index is 0.00000182. The lowest BCUT2D eigenvalue weighted by atomic mass is 9.90. The maximum atomic E-state index is 12.7. The Morgan fingerprint density at radius 3 is 2.15 bits per heavy atom. The molecule has 0 spiro atoms. The SMILES string of the molecule is CC(C)N1CCN(c2ccc(C(=O)N3CCC(C)(CN)C3)cc2)CC1.Cl.Cl. The van der Waals surface area contributed by atoms with Crippen LogP contribution in [0, 0.1) is 5.41 Å². The van der Waals surface area contributed by atoms with Crippen molar-refractivity contribution in [2.75, 3.05) is 50.7 Å². The van der Waals surface area contributed by atoms with Crippen molar-refractivity contribution >= 4 is 36.4 Å². The van der Waals surface area contributed by atoms with E-state index >= 15 is 0 Å². The normalized spacial score (nSPS) is 23.1. The van der Waals surface area contributed by atoms with Gasteiger partial charge in [0.25, 0.3) is 5.91 Å². The minimum atomic E-state index is 0. The summed E-state index contributed by atoms with van der Waals surface area (Å²) in [6.45, 7) is 13.2. The van der Waals surface area contributed by atoms with Crippen LogP contribution in [-0.4, -0.2) is 67.6 Å². The number of carbonyl (C=O) groups is 1. The van der Waals surface area contributed by atoms with Gasteiger partial charge in [0, 0.05) is 56.6 Å². The molecule has 0 radical (unpaired) electrons. The van der Waals surface area contributed by atoms with Crippen LogP contribution < -0.4 is 10.6 Å². The smallest absolute Gasteiger partial charge is 0.253 e. The maximum absolute atomic E-state index is 12.7. The van der Waals surface area contributed by atoms with E-state index in [2.05, 4.69) is 42.7 Å². The number of hydrogen-bond acceptors (Lipinski definition) is 4. The Bertz CT molecular complexity index is 603. The third kappa shape index (κ3) is 5.50. The zero-order valence-electron chi connectivity index (χ0n) is 16.7. The highest BCUT2D eigenvalue weighted by Gasteiger charge is 2.35. The van der Waals surface area contributed by atoms with Gasteiger partial charge >= 0.3 is 0 Å². The fourth-order valence-electron chi connectivity index (χ4n) is 3.86. The van der Waals surface area contributed by atoms with E-state index in [0.29, 0.717) is 12.6 Å². The van der Waals surface area contributed by atoms with Crippen molar-refractivity contribution in [3.8, 4) is 0 Å². The first-order valence-electron chi connectivity index (χ1n) is 9.50. The lowest BCUT2D eigenvalue weighted by Gasteiger charge is -2.38. The summed E-state index contributed by atoms with van der Waals surface area (Å²) in [5.74, 6) is 0.133. The number of nitrogens with two attached hydrogens (primary N) is 1. The summed E-state index contributed by atoms with van der Waals surface area (Å²) in [5.41, 5.74) is 7.93. The molecule has 2 aliphatic heterocycles. The lowest BCUT2D eigenvalue weighted by Crippen LogP contribution is -2.48. The van der Waals surface area contributed by atoms with Crippen molar-refractivity contribution in [1.82, 2.24) is 9.80 Å². The summed E-state index contributed by atoms with van der Waals surface area (Å²) >= 11 is 0. The van der Waals surface area contributed by atoms with E-state index in [1.165, 1.54) is 5.69 Å². The van der Waals surface area contributed by atoms with Gasteiger partial charge in [0.15, 0.2) is 0 Å². The van der Waals surface area contributed by atoms with Gasteiger partial charge in [-0.3, -0.25) is 9.69 Å². The van der Waals surface area contributed by atoms with Crippen LogP contribution >= 0.6 is 24.8 Å². The van der Waals surface area contributed by atoms with Crippen LogP contribution in [0.15, 0.2) is 24.3 Å². The van der Waals surface area contributed by atoms with Crippen molar-refractivity contribution in [3.05, 3.63) is 29.8 Å². The third-order valence-corrected chi connectivity index (χ3v) is 5.86. The Morgan fingerprint density at radius 2 is 1.67 bits per heavy atom. The van der Waals surface area contributed by atoms with Crippen LogP contribution in [0.25, 0.3) is 0 Å². The van der Waals surface area contributed by atoms with Crippen molar-refractivity contribution in [2.24, 2.45) is 11.1 Å². The Morgan fingerprint density at radius 1 is 1.07 bits per heavy atom. The molecule has 0 aromatic heterocycles. The summed E-state index contributed by atoms with van der Waals surface area (Å²) in [4.78, 5) is 19.6. The zero-order chi connectivity index (χ0) is 18.0.